The van der Waals surface area contributed by atoms with E-state index in [9.17, 15) is 4.79 Å². The van der Waals surface area contributed by atoms with Gasteiger partial charge in [0.2, 0.25) is 5.91 Å². The van der Waals surface area contributed by atoms with Gasteiger partial charge in [0.15, 0.2) is 0 Å². The summed E-state index contributed by atoms with van der Waals surface area (Å²) in [7, 11) is 1.91. The molecule has 0 rings (SSSR count). The van der Waals surface area contributed by atoms with Crippen LogP contribution in [0.4, 0.5) is 0 Å². The van der Waals surface area contributed by atoms with Crippen molar-refractivity contribution in [1.29, 1.82) is 0 Å². The van der Waals surface area contributed by atoms with Gasteiger partial charge >= 0.3 is 0 Å². The quantitative estimate of drug-likeness (QED) is 0.493. The fourth-order valence-electron chi connectivity index (χ4n) is 2.15. The first-order valence-electron chi connectivity index (χ1n) is 7.85. The van der Waals surface area contributed by atoms with E-state index in [2.05, 4.69) is 13.8 Å². The predicted octanol–water partition coefficient (Wildman–Crippen LogP) is 4.63. The standard InChI is InChI=1S/C16H33NO/c1-5-15(3)13-11-9-7-8-10-12-14-17(4)16(18)6-2/h15H,5-14H2,1-4H3. The van der Waals surface area contributed by atoms with E-state index >= 15 is 0 Å². The third kappa shape index (κ3) is 9.49. The van der Waals surface area contributed by atoms with Crippen molar-refractivity contribution in [3.63, 3.8) is 0 Å². The average Bonchev–Trinajstić information content (AvgIpc) is 2.39. The molecule has 0 aliphatic rings. The van der Waals surface area contributed by atoms with E-state index in [-0.39, 0.29) is 5.91 Å². The lowest BCUT2D eigenvalue weighted by Gasteiger charge is -2.15. The van der Waals surface area contributed by atoms with Crippen molar-refractivity contribution >= 4 is 5.91 Å². The molecule has 0 radical (unpaired) electrons. The Hall–Kier alpha value is -0.530. The molecule has 1 unspecified atom stereocenters. The van der Waals surface area contributed by atoms with Crippen LogP contribution in [-0.4, -0.2) is 24.4 Å². The van der Waals surface area contributed by atoms with Crippen LogP contribution in [0.1, 0.15) is 78.6 Å². The van der Waals surface area contributed by atoms with Crippen LogP contribution >= 0.6 is 0 Å². The highest BCUT2D eigenvalue weighted by Crippen LogP contribution is 2.14. The number of carbonyl (C=O) groups excluding carboxylic acids is 1. The number of carbonyl (C=O) groups is 1. The minimum absolute atomic E-state index is 0.267. The normalized spacial score (nSPS) is 12.4. The van der Waals surface area contributed by atoms with Crippen LogP contribution in [-0.2, 0) is 4.79 Å². The molecule has 0 bridgehead atoms. The van der Waals surface area contributed by atoms with Gasteiger partial charge in [0.05, 0.1) is 0 Å². The van der Waals surface area contributed by atoms with Crippen LogP contribution in [0.15, 0.2) is 0 Å². The zero-order valence-corrected chi connectivity index (χ0v) is 13.0. The molecule has 0 spiro atoms. The molecule has 0 saturated carbocycles. The van der Waals surface area contributed by atoms with Gasteiger partial charge in [0.1, 0.15) is 0 Å². The van der Waals surface area contributed by atoms with E-state index < -0.39 is 0 Å². The highest BCUT2D eigenvalue weighted by molar-refractivity contribution is 5.75. The Morgan fingerprint density at radius 2 is 1.56 bits per heavy atom. The summed E-state index contributed by atoms with van der Waals surface area (Å²) < 4.78 is 0. The molecule has 1 amide bonds. The second-order valence-electron chi connectivity index (χ2n) is 5.59. The number of unbranched alkanes of at least 4 members (excludes halogenated alkanes) is 5. The molecular weight excluding hydrogens is 222 g/mol. The van der Waals surface area contributed by atoms with Gasteiger partial charge in [-0.15, -0.1) is 0 Å². The Morgan fingerprint density at radius 3 is 2.11 bits per heavy atom. The fourth-order valence-corrected chi connectivity index (χ4v) is 2.15. The lowest BCUT2D eigenvalue weighted by Crippen LogP contribution is -2.26. The molecule has 0 saturated heterocycles. The minimum atomic E-state index is 0.267. The first kappa shape index (κ1) is 17.5. The molecule has 0 aliphatic carbocycles. The third-order valence-electron chi connectivity index (χ3n) is 3.87. The molecule has 0 fully saturated rings. The summed E-state index contributed by atoms with van der Waals surface area (Å²) in [6.45, 7) is 7.48. The highest BCUT2D eigenvalue weighted by Gasteiger charge is 2.04. The van der Waals surface area contributed by atoms with Crippen LogP contribution in [0, 0.1) is 5.92 Å². The Kier molecular flexibility index (Phi) is 11.2. The average molecular weight is 255 g/mol. The van der Waals surface area contributed by atoms with Crippen molar-refractivity contribution in [3.05, 3.63) is 0 Å². The smallest absolute Gasteiger partial charge is 0.222 e. The van der Waals surface area contributed by atoms with Gasteiger partial charge in [-0.25, -0.2) is 0 Å². The topological polar surface area (TPSA) is 20.3 Å². The van der Waals surface area contributed by atoms with Crippen LogP contribution in [0.25, 0.3) is 0 Å². The van der Waals surface area contributed by atoms with Crippen LogP contribution < -0.4 is 0 Å². The number of hydrogen-bond acceptors (Lipinski definition) is 1. The zero-order chi connectivity index (χ0) is 13.8. The van der Waals surface area contributed by atoms with Gasteiger partial charge in [0, 0.05) is 20.0 Å². The van der Waals surface area contributed by atoms with E-state index in [1.165, 1.54) is 44.9 Å². The molecule has 0 N–H and O–H groups in total. The van der Waals surface area contributed by atoms with Gasteiger partial charge in [-0.1, -0.05) is 65.7 Å². The second-order valence-corrected chi connectivity index (χ2v) is 5.59. The van der Waals surface area contributed by atoms with E-state index in [1.807, 2.05) is 18.9 Å². The molecule has 0 aliphatic heterocycles. The Labute approximate surface area is 114 Å². The number of amides is 1. The van der Waals surface area contributed by atoms with E-state index in [0.29, 0.717) is 6.42 Å². The lowest BCUT2D eigenvalue weighted by molar-refractivity contribution is -0.129. The molecular formula is C16H33NO. The number of rotatable bonds is 11. The third-order valence-corrected chi connectivity index (χ3v) is 3.87. The van der Waals surface area contributed by atoms with E-state index in [1.54, 1.807) is 0 Å². The van der Waals surface area contributed by atoms with Crippen molar-refractivity contribution in [2.75, 3.05) is 13.6 Å². The van der Waals surface area contributed by atoms with Gasteiger partial charge in [0.25, 0.3) is 0 Å². The summed E-state index contributed by atoms with van der Waals surface area (Å²) in [5, 5.41) is 0. The highest BCUT2D eigenvalue weighted by atomic mass is 16.2. The largest absolute Gasteiger partial charge is 0.346 e. The molecule has 18 heavy (non-hydrogen) atoms. The fraction of sp³-hybridized carbons (Fsp3) is 0.938. The van der Waals surface area contributed by atoms with Crippen LogP contribution in [0.3, 0.4) is 0 Å². The molecule has 0 aromatic carbocycles. The van der Waals surface area contributed by atoms with E-state index in [0.717, 1.165) is 18.9 Å². The molecule has 2 heteroatoms. The number of hydrogen-bond donors (Lipinski definition) is 0. The number of nitrogens with zero attached hydrogens (tertiary/aromatic N) is 1. The first-order chi connectivity index (χ1) is 8.61. The molecule has 2 nitrogen and oxygen atoms in total. The van der Waals surface area contributed by atoms with Crippen molar-refractivity contribution < 1.29 is 4.79 Å². The monoisotopic (exact) mass is 255 g/mol. The van der Waals surface area contributed by atoms with Crippen molar-refractivity contribution in [2.45, 2.75) is 78.6 Å². The minimum Gasteiger partial charge on any atom is -0.346 e. The van der Waals surface area contributed by atoms with Crippen molar-refractivity contribution in [2.24, 2.45) is 5.92 Å². The molecule has 0 heterocycles. The summed E-state index contributed by atoms with van der Waals surface area (Å²) in [5.74, 6) is 1.17. The maximum Gasteiger partial charge on any atom is 0.222 e. The van der Waals surface area contributed by atoms with E-state index in [4.69, 9.17) is 0 Å². The molecule has 1 atom stereocenters. The predicted molar refractivity (Wildman–Crippen MR) is 79.7 cm³/mol. The Bertz CT molecular complexity index is 203. The maximum atomic E-state index is 11.3. The lowest BCUT2D eigenvalue weighted by atomic mass is 10.00. The Morgan fingerprint density at radius 1 is 1.00 bits per heavy atom. The Balaban J connectivity index is 3.23. The summed E-state index contributed by atoms with van der Waals surface area (Å²) in [6.07, 6.45) is 11.2. The van der Waals surface area contributed by atoms with Gasteiger partial charge < -0.3 is 4.90 Å². The van der Waals surface area contributed by atoms with Crippen molar-refractivity contribution in [3.8, 4) is 0 Å². The maximum absolute atomic E-state index is 11.3. The molecule has 108 valence electrons. The summed E-state index contributed by atoms with van der Waals surface area (Å²) in [5.41, 5.74) is 0. The SMILES string of the molecule is CCC(=O)N(C)CCCCCCCCC(C)CC. The molecule has 0 aromatic rings. The van der Waals surface area contributed by atoms with Crippen molar-refractivity contribution in [1.82, 2.24) is 4.90 Å². The second kappa shape index (κ2) is 11.6. The van der Waals surface area contributed by atoms with Gasteiger partial charge in [-0.3, -0.25) is 4.79 Å². The van der Waals surface area contributed by atoms with Gasteiger partial charge in [-0.05, 0) is 12.3 Å². The van der Waals surface area contributed by atoms with Gasteiger partial charge in [-0.2, -0.15) is 0 Å². The molecule has 0 aromatic heterocycles. The van der Waals surface area contributed by atoms with Crippen LogP contribution in [0.5, 0.6) is 0 Å². The first-order valence-corrected chi connectivity index (χ1v) is 7.85. The summed E-state index contributed by atoms with van der Waals surface area (Å²) in [4.78, 5) is 13.2. The van der Waals surface area contributed by atoms with Crippen LogP contribution in [0.2, 0.25) is 0 Å². The summed E-state index contributed by atoms with van der Waals surface area (Å²) in [6, 6.07) is 0. The summed E-state index contributed by atoms with van der Waals surface area (Å²) >= 11 is 0. The zero-order valence-electron chi connectivity index (χ0n) is 13.0.